The normalized spacial score (nSPS) is 8.00. The molecule has 0 spiro atoms. The third-order valence-corrected chi connectivity index (χ3v) is 0. The molecule has 0 amide bonds. The first kappa shape index (κ1) is 16.2. The van der Waals surface area contributed by atoms with Gasteiger partial charge in [0.25, 0.3) is 0 Å². The van der Waals surface area contributed by atoms with Gasteiger partial charge in [0.2, 0.25) is 0 Å². The zero-order valence-corrected chi connectivity index (χ0v) is 7.35. The van der Waals surface area contributed by atoms with Crippen LogP contribution in [0, 0.1) is 0 Å². The van der Waals surface area contributed by atoms with Gasteiger partial charge in [0.05, 0.1) is 0 Å². The summed E-state index contributed by atoms with van der Waals surface area (Å²) in [7, 11) is 0. The van der Waals surface area contributed by atoms with E-state index in [1.165, 1.54) is 0 Å². The van der Waals surface area contributed by atoms with Gasteiger partial charge in [-0.3, -0.25) is 0 Å². The molecule has 0 heterocycles. The molecule has 3 heteroatoms. The van der Waals surface area contributed by atoms with Crippen LogP contribution in [0.2, 0.25) is 0 Å². The van der Waals surface area contributed by atoms with Crippen LogP contribution < -0.4 is 10.2 Å². The maximum atomic E-state index is 9.53. The molecule has 1 radical (unpaired) electrons. The largest absolute Gasteiger partial charge is 2.00 e. The van der Waals surface area contributed by atoms with E-state index in [9.17, 15) is 10.2 Å². The minimum Gasteiger partial charge on any atom is -0.852 e. The molecule has 0 saturated heterocycles. The van der Waals surface area contributed by atoms with Gasteiger partial charge < -0.3 is 10.2 Å². The first-order chi connectivity index (χ1) is 3.46. The van der Waals surface area contributed by atoms with Crippen LogP contribution in [0.1, 0.15) is 27.7 Å². The Morgan fingerprint density at radius 3 is 0.778 bits per heavy atom. The van der Waals surface area contributed by atoms with Gasteiger partial charge in [-0.1, -0.05) is 27.7 Å². The van der Waals surface area contributed by atoms with Gasteiger partial charge in [0.1, 0.15) is 0 Å². The molecule has 0 aliphatic heterocycles. The van der Waals surface area contributed by atoms with Crippen molar-refractivity contribution >= 4 is 0 Å². The molecule has 0 unspecified atom stereocenters. The molecular formula is C6H14CoO2. The number of hydrogen-bond donors (Lipinski definition) is 0. The molecule has 0 aromatic carbocycles. The molecule has 0 fully saturated rings. The summed E-state index contributed by atoms with van der Waals surface area (Å²) in [6.45, 7) is 6.44. The summed E-state index contributed by atoms with van der Waals surface area (Å²) in [6.07, 6.45) is -0.833. The van der Waals surface area contributed by atoms with Crippen molar-refractivity contribution in [2.45, 2.75) is 39.9 Å². The van der Waals surface area contributed by atoms with Gasteiger partial charge in [-0.15, -0.1) is 12.2 Å². The van der Waals surface area contributed by atoms with Gasteiger partial charge >= 0.3 is 16.8 Å². The molecule has 0 aliphatic rings. The van der Waals surface area contributed by atoms with E-state index in [0.29, 0.717) is 0 Å². The van der Waals surface area contributed by atoms with Gasteiger partial charge in [-0.05, 0) is 0 Å². The smallest absolute Gasteiger partial charge is 0.852 e. The van der Waals surface area contributed by atoms with Crippen molar-refractivity contribution in [1.82, 2.24) is 0 Å². The minimum atomic E-state index is -0.417. The standard InChI is InChI=1S/2C3H7O.Co/c2*1-3(2)4;/h2*3H,1-2H3;/q2*-1;+2. The van der Waals surface area contributed by atoms with Crippen LogP contribution >= 0.6 is 0 Å². The van der Waals surface area contributed by atoms with Crippen LogP contribution in [0.5, 0.6) is 0 Å². The molecule has 0 aromatic rings. The predicted octanol–water partition coefficient (Wildman–Crippen LogP) is -0.492. The summed E-state index contributed by atoms with van der Waals surface area (Å²) in [5.74, 6) is 0. The summed E-state index contributed by atoms with van der Waals surface area (Å²) in [5, 5.41) is 19.1. The molecule has 0 rings (SSSR count). The third-order valence-electron chi connectivity index (χ3n) is 0. The molecule has 59 valence electrons. The Morgan fingerprint density at radius 2 is 0.778 bits per heavy atom. The van der Waals surface area contributed by atoms with Crippen molar-refractivity contribution in [3.05, 3.63) is 0 Å². The van der Waals surface area contributed by atoms with E-state index >= 15 is 0 Å². The molecular weight excluding hydrogens is 163 g/mol. The zero-order valence-electron chi connectivity index (χ0n) is 6.30. The van der Waals surface area contributed by atoms with E-state index in [-0.39, 0.29) is 16.8 Å². The summed E-state index contributed by atoms with van der Waals surface area (Å²) < 4.78 is 0. The first-order valence-corrected chi connectivity index (χ1v) is 2.78. The molecule has 0 N–H and O–H groups in total. The summed E-state index contributed by atoms with van der Waals surface area (Å²) in [5.41, 5.74) is 0. The topological polar surface area (TPSA) is 46.1 Å². The monoisotopic (exact) mass is 177 g/mol. The molecule has 0 bridgehead atoms. The summed E-state index contributed by atoms with van der Waals surface area (Å²) in [6, 6.07) is 0. The average molecular weight is 177 g/mol. The molecule has 0 aromatic heterocycles. The number of hydrogen-bond acceptors (Lipinski definition) is 2. The Balaban J connectivity index is -0.0000000720. The van der Waals surface area contributed by atoms with Crippen molar-refractivity contribution in [3.8, 4) is 0 Å². The summed E-state index contributed by atoms with van der Waals surface area (Å²) >= 11 is 0. The van der Waals surface area contributed by atoms with E-state index in [0.717, 1.165) is 0 Å². The summed E-state index contributed by atoms with van der Waals surface area (Å²) in [4.78, 5) is 0. The van der Waals surface area contributed by atoms with Crippen LogP contribution in [0.4, 0.5) is 0 Å². The van der Waals surface area contributed by atoms with Crippen molar-refractivity contribution in [2.75, 3.05) is 0 Å². The fourth-order valence-corrected chi connectivity index (χ4v) is 0. The average Bonchev–Trinajstić information content (AvgIpc) is 1.25. The van der Waals surface area contributed by atoms with Crippen molar-refractivity contribution < 1.29 is 27.0 Å². The van der Waals surface area contributed by atoms with Crippen LogP contribution in [-0.2, 0) is 16.8 Å². The van der Waals surface area contributed by atoms with Crippen molar-refractivity contribution in [2.24, 2.45) is 0 Å². The molecule has 0 aliphatic carbocycles. The second kappa shape index (κ2) is 11.3. The van der Waals surface area contributed by atoms with Crippen LogP contribution in [-0.4, -0.2) is 12.2 Å². The van der Waals surface area contributed by atoms with Crippen LogP contribution in [0.15, 0.2) is 0 Å². The SMILES string of the molecule is CC(C)[O-].CC(C)[O-].[Co+2]. The third kappa shape index (κ3) is 1910. The Bertz CT molecular complexity index is 26.5. The van der Waals surface area contributed by atoms with Crippen LogP contribution in [0.25, 0.3) is 0 Å². The van der Waals surface area contributed by atoms with E-state index < -0.39 is 12.2 Å². The quantitative estimate of drug-likeness (QED) is 0.501. The fraction of sp³-hybridized carbons (Fsp3) is 1.00. The van der Waals surface area contributed by atoms with E-state index in [1.807, 2.05) is 0 Å². The molecule has 0 atom stereocenters. The van der Waals surface area contributed by atoms with E-state index in [4.69, 9.17) is 0 Å². The fourth-order valence-electron chi connectivity index (χ4n) is 0. The number of rotatable bonds is 0. The van der Waals surface area contributed by atoms with Gasteiger partial charge in [-0.2, -0.15) is 0 Å². The maximum absolute atomic E-state index is 9.53. The van der Waals surface area contributed by atoms with Gasteiger partial charge in [-0.25, -0.2) is 0 Å². The van der Waals surface area contributed by atoms with Gasteiger partial charge in [0.15, 0.2) is 0 Å². The molecule has 0 saturated carbocycles. The Morgan fingerprint density at radius 1 is 0.778 bits per heavy atom. The predicted molar refractivity (Wildman–Crippen MR) is 30.3 cm³/mol. The Kier molecular flexibility index (Phi) is 20.3. The zero-order chi connectivity index (χ0) is 7.15. The van der Waals surface area contributed by atoms with E-state index in [2.05, 4.69) is 0 Å². The van der Waals surface area contributed by atoms with Gasteiger partial charge in [0, 0.05) is 0 Å². The van der Waals surface area contributed by atoms with Crippen molar-refractivity contribution in [3.63, 3.8) is 0 Å². The second-order valence-corrected chi connectivity index (χ2v) is 2.10. The Labute approximate surface area is 67.5 Å². The molecule has 9 heavy (non-hydrogen) atoms. The van der Waals surface area contributed by atoms with Crippen molar-refractivity contribution in [1.29, 1.82) is 0 Å². The van der Waals surface area contributed by atoms with Crippen LogP contribution in [0.3, 0.4) is 0 Å². The minimum absolute atomic E-state index is 0. The Hall–Kier alpha value is 0.426. The maximum Gasteiger partial charge on any atom is 2.00 e. The first-order valence-electron chi connectivity index (χ1n) is 2.78. The van der Waals surface area contributed by atoms with E-state index in [1.54, 1.807) is 27.7 Å². The molecule has 2 nitrogen and oxygen atoms in total. The second-order valence-electron chi connectivity index (χ2n) is 2.10.